The zero-order chi connectivity index (χ0) is 34.9. The fourth-order valence-electron chi connectivity index (χ4n) is 6.07. The summed E-state index contributed by atoms with van der Waals surface area (Å²) in [5, 5.41) is 2.52. The Labute approximate surface area is 284 Å². The summed E-state index contributed by atoms with van der Waals surface area (Å²) < 4.78 is 45.4. The number of urea groups is 1. The minimum Gasteiger partial charge on any atom is -0.493 e. The first kappa shape index (κ1) is 35.6. The highest BCUT2D eigenvalue weighted by Gasteiger charge is 2.29. The highest BCUT2D eigenvalue weighted by atomic mass is 19.1. The number of unbranched alkanes of at least 4 members (excludes halogenated alkanes) is 1. The standard InChI is InChI=1S/C36H43F2N5O6/c1-3-4-13-43(36(46)40-31-21-28(34(39)44)29(37)22-30(31)38)26-11-14-41(15-12-26)23-24-5-8-27(9-6-24)49-32-10-7-25(20-33(32)47-2)35(45)42-16-18-48-19-17-42/h5-10,20-22,26H,3-4,11-19,23H2,1-2H3,(H2,39,44)(H,40,46). The number of benzene rings is 3. The third-order valence-corrected chi connectivity index (χ3v) is 8.84. The van der Waals surface area contributed by atoms with Crippen LogP contribution in [-0.4, -0.2) is 91.6 Å². The molecule has 2 saturated heterocycles. The molecule has 3 aromatic rings. The molecule has 4 amide bonds. The van der Waals surface area contributed by atoms with Crippen molar-refractivity contribution in [3.05, 3.63) is 82.9 Å². The molecule has 0 aromatic heterocycles. The number of piperidine rings is 1. The highest BCUT2D eigenvalue weighted by molar-refractivity contribution is 5.96. The lowest BCUT2D eigenvalue weighted by Gasteiger charge is -2.38. The molecule has 0 bridgehead atoms. The maximum Gasteiger partial charge on any atom is 0.322 e. The van der Waals surface area contributed by atoms with Gasteiger partial charge in [-0.15, -0.1) is 0 Å². The van der Waals surface area contributed by atoms with Crippen LogP contribution in [0.25, 0.3) is 0 Å². The predicted molar refractivity (Wildman–Crippen MR) is 180 cm³/mol. The Kier molecular flexibility index (Phi) is 12.0. The van der Waals surface area contributed by atoms with E-state index in [-0.39, 0.29) is 17.6 Å². The van der Waals surface area contributed by atoms with E-state index in [1.807, 2.05) is 31.2 Å². The molecule has 0 aliphatic carbocycles. The first-order valence-electron chi connectivity index (χ1n) is 16.6. The Bertz CT molecular complexity index is 1620. The second kappa shape index (κ2) is 16.6. The number of nitrogens with one attached hydrogen (secondary N) is 1. The molecular formula is C36H43F2N5O6. The van der Waals surface area contributed by atoms with Crippen molar-refractivity contribution in [2.45, 2.75) is 45.2 Å². The quantitative estimate of drug-likeness (QED) is 0.254. The van der Waals surface area contributed by atoms with Gasteiger partial charge in [0, 0.05) is 56.9 Å². The van der Waals surface area contributed by atoms with E-state index < -0.39 is 29.1 Å². The summed E-state index contributed by atoms with van der Waals surface area (Å²) in [5.74, 6) is -1.58. The summed E-state index contributed by atoms with van der Waals surface area (Å²) in [6, 6.07) is 13.9. The van der Waals surface area contributed by atoms with Crippen LogP contribution in [-0.2, 0) is 11.3 Å². The molecule has 13 heteroatoms. The van der Waals surface area contributed by atoms with Gasteiger partial charge in [-0.1, -0.05) is 25.5 Å². The molecule has 0 unspecified atom stereocenters. The van der Waals surface area contributed by atoms with Crippen LogP contribution < -0.4 is 20.5 Å². The molecule has 3 N–H and O–H groups in total. The molecule has 0 saturated carbocycles. The van der Waals surface area contributed by atoms with E-state index in [4.69, 9.17) is 19.9 Å². The maximum absolute atomic E-state index is 14.5. The first-order chi connectivity index (χ1) is 23.7. The number of nitrogens with two attached hydrogens (primary N) is 1. The Hall–Kier alpha value is -4.75. The van der Waals surface area contributed by atoms with Gasteiger partial charge in [0.1, 0.15) is 17.4 Å². The minimum absolute atomic E-state index is 0.0665. The van der Waals surface area contributed by atoms with Gasteiger partial charge >= 0.3 is 6.03 Å². The lowest BCUT2D eigenvalue weighted by Crippen LogP contribution is -2.49. The number of likely N-dealkylation sites (tertiary alicyclic amines) is 1. The number of amides is 4. The van der Waals surface area contributed by atoms with E-state index >= 15 is 0 Å². The second-order valence-electron chi connectivity index (χ2n) is 12.2. The largest absolute Gasteiger partial charge is 0.493 e. The zero-order valence-electron chi connectivity index (χ0n) is 27.9. The van der Waals surface area contributed by atoms with E-state index in [2.05, 4.69) is 10.2 Å². The Morgan fingerprint density at radius 2 is 1.67 bits per heavy atom. The fourth-order valence-corrected chi connectivity index (χ4v) is 6.07. The average Bonchev–Trinajstić information content (AvgIpc) is 3.11. The highest BCUT2D eigenvalue weighted by Crippen LogP contribution is 2.33. The summed E-state index contributed by atoms with van der Waals surface area (Å²) >= 11 is 0. The maximum atomic E-state index is 14.5. The molecule has 49 heavy (non-hydrogen) atoms. The summed E-state index contributed by atoms with van der Waals surface area (Å²) in [6.07, 6.45) is 3.08. The van der Waals surface area contributed by atoms with Gasteiger partial charge in [-0.05, 0) is 61.2 Å². The summed E-state index contributed by atoms with van der Waals surface area (Å²) in [5.41, 5.74) is 6.05. The topological polar surface area (TPSA) is 127 Å². The second-order valence-corrected chi connectivity index (χ2v) is 12.2. The van der Waals surface area contributed by atoms with Crippen molar-refractivity contribution >= 4 is 23.5 Å². The molecule has 262 valence electrons. The lowest BCUT2D eigenvalue weighted by atomic mass is 10.0. The molecule has 0 spiro atoms. The van der Waals surface area contributed by atoms with Crippen molar-refractivity contribution in [3.8, 4) is 17.2 Å². The molecular weight excluding hydrogens is 636 g/mol. The average molecular weight is 680 g/mol. The van der Waals surface area contributed by atoms with Crippen molar-refractivity contribution < 1.29 is 37.4 Å². The molecule has 0 atom stereocenters. The monoisotopic (exact) mass is 679 g/mol. The van der Waals surface area contributed by atoms with Crippen molar-refractivity contribution in [1.82, 2.24) is 14.7 Å². The smallest absolute Gasteiger partial charge is 0.322 e. The van der Waals surface area contributed by atoms with Crippen LogP contribution in [0.1, 0.15) is 58.9 Å². The van der Waals surface area contributed by atoms with Crippen LogP contribution in [0.3, 0.4) is 0 Å². The van der Waals surface area contributed by atoms with E-state index in [0.29, 0.717) is 68.3 Å². The number of anilines is 1. The number of carbonyl (C=O) groups is 3. The number of carbonyl (C=O) groups excluding carboxylic acids is 3. The van der Waals surface area contributed by atoms with E-state index in [9.17, 15) is 23.2 Å². The molecule has 3 aromatic carbocycles. The van der Waals surface area contributed by atoms with Gasteiger partial charge in [0.2, 0.25) is 0 Å². The van der Waals surface area contributed by atoms with E-state index in [0.717, 1.165) is 50.4 Å². The molecule has 2 aliphatic rings. The number of halogens is 2. The number of hydrogen-bond donors (Lipinski definition) is 2. The fraction of sp³-hybridized carbons (Fsp3) is 0.417. The Morgan fingerprint density at radius 1 is 0.959 bits per heavy atom. The van der Waals surface area contributed by atoms with Crippen LogP contribution in [0.15, 0.2) is 54.6 Å². The van der Waals surface area contributed by atoms with Crippen molar-refractivity contribution in [2.24, 2.45) is 5.73 Å². The number of hydrogen-bond acceptors (Lipinski definition) is 7. The summed E-state index contributed by atoms with van der Waals surface area (Å²) in [4.78, 5) is 43.5. The number of nitrogens with zero attached hydrogens (tertiary/aromatic N) is 3. The van der Waals surface area contributed by atoms with E-state index in [1.54, 1.807) is 35.1 Å². The van der Waals surface area contributed by atoms with Crippen molar-refractivity contribution in [2.75, 3.05) is 58.4 Å². The summed E-state index contributed by atoms with van der Waals surface area (Å²) in [7, 11) is 1.54. The van der Waals surface area contributed by atoms with E-state index in [1.165, 1.54) is 0 Å². The van der Waals surface area contributed by atoms with Gasteiger partial charge in [-0.25, -0.2) is 13.6 Å². The third-order valence-electron chi connectivity index (χ3n) is 8.84. The van der Waals surface area contributed by atoms with Crippen LogP contribution in [0.5, 0.6) is 17.2 Å². The number of methoxy groups -OCH3 is 1. The molecule has 11 nitrogen and oxygen atoms in total. The van der Waals surface area contributed by atoms with Gasteiger partial charge in [-0.2, -0.15) is 0 Å². The third kappa shape index (κ3) is 9.04. The molecule has 5 rings (SSSR count). The Morgan fingerprint density at radius 3 is 2.33 bits per heavy atom. The summed E-state index contributed by atoms with van der Waals surface area (Å²) in [6.45, 7) is 6.90. The van der Waals surface area contributed by atoms with Crippen LogP contribution in [0.2, 0.25) is 0 Å². The van der Waals surface area contributed by atoms with Crippen LogP contribution in [0, 0.1) is 11.6 Å². The number of ether oxygens (including phenoxy) is 3. The van der Waals surface area contributed by atoms with Gasteiger partial charge in [0.05, 0.1) is 31.6 Å². The zero-order valence-corrected chi connectivity index (χ0v) is 27.9. The van der Waals surface area contributed by atoms with Gasteiger partial charge < -0.3 is 35.1 Å². The number of primary amides is 1. The van der Waals surface area contributed by atoms with Gasteiger partial charge in [-0.3, -0.25) is 14.5 Å². The van der Waals surface area contributed by atoms with Crippen LogP contribution in [0.4, 0.5) is 19.3 Å². The van der Waals surface area contributed by atoms with Crippen molar-refractivity contribution in [3.63, 3.8) is 0 Å². The minimum atomic E-state index is -1.08. The number of rotatable bonds is 12. The number of morpholine rings is 1. The molecule has 2 fully saturated rings. The molecule has 0 radical (unpaired) electrons. The predicted octanol–water partition coefficient (Wildman–Crippen LogP) is 5.64. The Balaban J connectivity index is 1.15. The SMILES string of the molecule is CCCCN(C(=O)Nc1cc(C(N)=O)c(F)cc1F)C1CCN(Cc2ccc(Oc3ccc(C(=O)N4CCOCC4)cc3OC)cc2)CC1. The lowest BCUT2D eigenvalue weighted by molar-refractivity contribution is 0.0302. The van der Waals surface area contributed by atoms with Crippen LogP contribution >= 0.6 is 0 Å². The van der Waals surface area contributed by atoms with Gasteiger partial charge in [0.25, 0.3) is 11.8 Å². The van der Waals surface area contributed by atoms with Gasteiger partial charge in [0.15, 0.2) is 11.5 Å². The van der Waals surface area contributed by atoms with Crippen molar-refractivity contribution in [1.29, 1.82) is 0 Å². The normalized spacial score (nSPS) is 15.5. The first-order valence-corrected chi connectivity index (χ1v) is 16.6. The molecule has 2 heterocycles. The molecule has 2 aliphatic heterocycles.